The van der Waals surface area contributed by atoms with E-state index in [1.165, 1.54) is 12.0 Å². The number of nitrogens with one attached hydrogen (secondary N) is 1. The Morgan fingerprint density at radius 3 is 2.79 bits per heavy atom. The number of nitrogens with zero attached hydrogens (tertiary/aromatic N) is 3. The summed E-state index contributed by atoms with van der Waals surface area (Å²) in [7, 11) is 1.90. The number of alkyl halides is 1. The largest absolute Gasteiger partial charge is 0.507 e. The topological polar surface area (TPSA) is 61.3 Å². The van der Waals surface area contributed by atoms with Crippen LogP contribution in [0.25, 0.3) is 16.8 Å². The van der Waals surface area contributed by atoms with Crippen LogP contribution in [0.15, 0.2) is 36.4 Å². The van der Waals surface area contributed by atoms with Crippen molar-refractivity contribution in [3.63, 3.8) is 0 Å². The van der Waals surface area contributed by atoms with Crippen LogP contribution in [0.2, 0.25) is 0 Å². The highest BCUT2D eigenvalue weighted by atomic mass is 19.1. The lowest BCUT2D eigenvalue weighted by atomic mass is 9.96. The van der Waals surface area contributed by atoms with E-state index >= 15 is 0 Å². The molecule has 0 unspecified atom stereocenters. The summed E-state index contributed by atoms with van der Waals surface area (Å²) < 4.78 is 14.8. The molecule has 29 heavy (non-hydrogen) atoms. The molecular weight excluding hydrogens is 367 g/mol. The molecule has 2 N–H and O–H groups in total. The number of rotatable bonds is 4. The van der Waals surface area contributed by atoms with Gasteiger partial charge in [0.15, 0.2) is 5.82 Å². The minimum absolute atomic E-state index is 0.0427. The minimum Gasteiger partial charge on any atom is -0.507 e. The van der Waals surface area contributed by atoms with Crippen molar-refractivity contribution in [2.75, 3.05) is 11.9 Å². The van der Waals surface area contributed by atoms with Gasteiger partial charge in [0, 0.05) is 24.7 Å². The molecule has 1 aliphatic carbocycles. The van der Waals surface area contributed by atoms with Crippen molar-refractivity contribution in [1.29, 1.82) is 0 Å². The summed E-state index contributed by atoms with van der Waals surface area (Å²) in [5.41, 5.74) is 3.65. The summed E-state index contributed by atoms with van der Waals surface area (Å²) in [4.78, 5) is 1.92. The van der Waals surface area contributed by atoms with Crippen molar-refractivity contribution in [2.45, 2.75) is 62.8 Å². The number of allylic oxidation sites excluding steroid dienone is 2. The smallest absolute Gasteiger partial charge is 0.151 e. The Morgan fingerprint density at radius 1 is 1.17 bits per heavy atom. The fourth-order valence-electron chi connectivity index (χ4n) is 5.06. The standard InChI is InChI=1S/C23H27FN4O/c1-28(20-13-16-7-9-19(25-16)23(20)24)22-11-10-18(26-27-22)17-8-6-15(12-21(17)29)14-4-2-3-5-14/h4,6,8,10-12,16,19-20,23,25,29H,2-3,5,7,9,13H2,1H3/t16-,19+,20-,23+/m1/s1. The van der Waals surface area contributed by atoms with Crippen molar-refractivity contribution in [3.8, 4) is 17.0 Å². The number of piperidine rings is 1. The normalized spacial score (nSPS) is 28.4. The third kappa shape index (κ3) is 3.39. The van der Waals surface area contributed by atoms with Gasteiger partial charge in [-0.05, 0) is 73.9 Å². The molecule has 2 fully saturated rings. The van der Waals surface area contributed by atoms with Gasteiger partial charge in [-0.3, -0.25) is 0 Å². The fraction of sp³-hybridized carbons (Fsp3) is 0.478. The number of fused-ring (bicyclic) bond motifs is 2. The average molecular weight is 394 g/mol. The van der Waals surface area contributed by atoms with Crippen LogP contribution in [0.5, 0.6) is 5.75 Å². The third-order valence-electron chi connectivity index (χ3n) is 6.75. The molecule has 0 spiro atoms. The van der Waals surface area contributed by atoms with E-state index in [9.17, 15) is 9.50 Å². The second kappa shape index (κ2) is 7.41. The van der Waals surface area contributed by atoms with Crippen molar-refractivity contribution >= 4 is 11.4 Å². The van der Waals surface area contributed by atoms with Gasteiger partial charge in [-0.2, -0.15) is 0 Å². The van der Waals surface area contributed by atoms with E-state index in [1.54, 1.807) is 0 Å². The van der Waals surface area contributed by atoms with Gasteiger partial charge in [0.25, 0.3) is 0 Å². The first-order valence-electron chi connectivity index (χ1n) is 10.6. The van der Waals surface area contributed by atoms with E-state index in [1.807, 2.05) is 42.3 Å². The Morgan fingerprint density at radius 2 is 2.07 bits per heavy atom. The molecule has 2 bridgehead atoms. The highest BCUT2D eigenvalue weighted by molar-refractivity contribution is 5.74. The lowest BCUT2D eigenvalue weighted by Crippen LogP contribution is -2.55. The molecule has 3 aliphatic rings. The molecule has 4 atom stereocenters. The summed E-state index contributed by atoms with van der Waals surface area (Å²) in [5, 5.41) is 22.6. The van der Waals surface area contributed by atoms with Crippen LogP contribution in [0, 0.1) is 0 Å². The number of hydrogen-bond acceptors (Lipinski definition) is 5. The van der Waals surface area contributed by atoms with Crippen LogP contribution < -0.4 is 10.2 Å². The summed E-state index contributed by atoms with van der Waals surface area (Å²) in [6.45, 7) is 0. The van der Waals surface area contributed by atoms with Gasteiger partial charge in [-0.25, -0.2) is 4.39 Å². The lowest BCUT2D eigenvalue weighted by Gasteiger charge is -2.38. The number of phenolic OH excluding ortho intramolecular Hbond substituents is 1. The Hall–Kier alpha value is -2.47. The van der Waals surface area contributed by atoms with Gasteiger partial charge in [-0.15, -0.1) is 10.2 Å². The van der Waals surface area contributed by atoms with E-state index in [0.29, 0.717) is 23.1 Å². The van der Waals surface area contributed by atoms with Gasteiger partial charge in [-0.1, -0.05) is 12.1 Å². The number of aromatic nitrogens is 2. The monoisotopic (exact) mass is 394 g/mol. The van der Waals surface area contributed by atoms with Gasteiger partial charge in [0.1, 0.15) is 11.9 Å². The third-order valence-corrected chi connectivity index (χ3v) is 6.75. The zero-order chi connectivity index (χ0) is 20.0. The zero-order valence-electron chi connectivity index (χ0n) is 16.7. The van der Waals surface area contributed by atoms with Crippen LogP contribution in [0.3, 0.4) is 0 Å². The molecule has 0 saturated carbocycles. The number of benzene rings is 1. The molecule has 152 valence electrons. The molecule has 0 radical (unpaired) electrons. The van der Waals surface area contributed by atoms with E-state index in [2.05, 4.69) is 21.6 Å². The van der Waals surface area contributed by atoms with Crippen molar-refractivity contribution < 1.29 is 9.50 Å². The Bertz CT molecular complexity index is 929. The number of hydrogen-bond donors (Lipinski definition) is 2. The maximum absolute atomic E-state index is 14.8. The molecule has 6 heteroatoms. The predicted octanol–water partition coefficient (Wildman–Crippen LogP) is 4.08. The summed E-state index contributed by atoms with van der Waals surface area (Å²) >= 11 is 0. The van der Waals surface area contributed by atoms with E-state index in [4.69, 9.17) is 0 Å². The maximum Gasteiger partial charge on any atom is 0.151 e. The van der Waals surface area contributed by atoms with Crippen LogP contribution in [-0.4, -0.2) is 46.6 Å². The Kier molecular flexibility index (Phi) is 4.74. The van der Waals surface area contributed by atoms with Gasteiger partial charge >= 0.3 is 0 Å². The first kappa shape index (κ1) is 18.6. The molecular formula is C23H27FN4O. The molecule has 1 aromatic heterocycles. The molecule has 3 heterocycles. The lowest BCUT2D eigenvalue weighted by molar-refractivity contribution is 0.176. The summed E-state index contributed by atoms with van der Waals surface area (Å²) in [5.74, 6) is 0.874. The summed E-state index contributed by atoms with van der Waals surface area (Å²) in [6.07, 6.45) is 7.43. The van der Waals surface area contributed by atoms with Crippen molar-refractivity contribution in [3.05, 3.63) is 42.0 Å². The SMILES string of the molecule is CN(c1ccc(-c2ccc(C3=CCCC3)cc2O)nn1)[C@@H]1C[C@H]2CC[C@H](N2)[C@@H]1F. The second-order valence-electron chi connectivity index (χ2n) is 8.54. The number of anilines is 1. The van der Waals surface area contributed by atoms with Gasteiger partial charge < -0.3 is 15.3 Å². The van der Waals surface area contributed by atoms with Gasteiger partial charge in [0.05, 0.1) is 11.7 Å². The number of phenols is 1. The number of halogens is 1. The van der Waals surface area contributed by atoms with Crippen LogP contribution in [0.1, 0.15) is 44.1 Å². The van der Waals surface area contributed by atoms with Gasteiger partial charge in [0.2, 0.25) is 0 Å². The molecule has 0 amide bonds. The highest BCUT2D eigenvalue weighted by Crippen LogP contribution is 2.36. The van der Waals surface area contributed by atoms with Crippen molar-refractivity contribution in [1.82, 2.24) is 15.5 Å². The maximum atomic E-state index is 14.8. The van der Waals surface area contributed by atoms with Crippen molar-refractivity contribution in [2.24, 2.45) is 0 Å². The first-order valence-corrected chi connectivity index (χ1v) is 10.6. The first-order chi connectivity index (χ1) is 14.1. The van der Waals surface area contributed by atoms with E-state index in [-0.39, 0.29) is 17.8 Å². The minimum atomic E-state index is -0.901. The van der Waals surface area contributed by atoms with E-state index < -0.39 is 6.17 Å². The molecule has 5 rings (SSSR count). The predicted molar refractivity (Wildman–Crippen MR) is 113 cm³/mol. The molecule has 5 nitrogen and oxygen atoms in total. The van der Waals surface area contributed by atoms with Crippen LogP contribution in [0.4, 0.5) is 10.2 Å². The zero-order valence-corrected chi connectivity index (χ0v) is 16.7. The van der Waals surface area contributed by atoms with E-state index in [0.717, 1.165) is 37.7 Å². The Labute approximate surface area is 170 Å². The molecule has 2 saturated heterocycles. The van der Waals surface area contributed by atoms with Crippen LogP contribution in [-0.2, 0) is 0 Å². The second-order valence-corrected chi connectivity index (χ2v) is 8.54. The summed E-state index contributed by atoms with van der Waals surface area (Å²) in [6, 6.07) is 9.65. The molecule has 1 aromatic carbocycles. The van der Waals surface area contributed by atoms with Crippen LogP contribution >= 0.6 is 0 Å². The molecule has 2 aromatic rings. The number of aromatic hydroxyl groups is 1. The Balaban J connectivity index is 1.35. The average Bonchev–Trinajstić information content (AvgIpc) is 3.41. The highest BCUT2D eigenvalue weighted by Gasteiger charge is 2.43. The fourth-order valence-corrected chi connectivity index (χ4v) is 5.06. The molecule has 2 aliphatic heterocycles. The quantitative estimate of drug-likeness (QED) is 0.818.